The normalized spacial score (nSPS) is 18.3. The summed E-state index contributed by atoms with van der Waals surface area (Å²) in [6.07, 6.45) is 2.92. The molecule has 1 aliphatic rings. The summed E-state index contributed by atoms with van der Waals surface area (Å²) in [7, 11) is 0. The summed E-state index contributed by atoms with van der Waals surface area (Å²) in [6, 6.07) is 8.88. The number of hydrogen-bond donors (Lipinski definition) is 1. The van der Waals surface area contributed by atoms with Crippen LogP contribution in [0.1, 0.15) is 37.4 Å². The van der Waals surface area contributed by atoms with Gasteiger partial charge in [0, 0.05) is 0 Å². The summed E-state index contributed by atoms with van der Waals surface area (Å²) in [4.78, 5) is 11.6. The molecule has 1 aliphatic carbocycles. The molecular formula is C13H16O3. The minimum absolute atomic E-state index is 0.00543. The largest absolute Gasteiger partial charge is 0.460 e. The predicted octanol–water partition coefficient (Wildman–Crippen LogP) is 2.21. The molecule has 0 aromatic heterocycles. The van der Waals surface area contributed by atoms with Gasteiger partial charge in [0.05, 0.1) is 0 Å². The number of ether oxygens (including phenoxy) is 1. The third kappa shape index (κ3) is 2.61. The van der Waals surface area contributed by atoms with Crippen molar-refractivity contribution < 1.29 is 14.6 Å². The fourth-order valence-corrected chi connectivity index (χ4v) is 2.01. The number of rotatable bonds is 3. The van der Waals surface area contributed by atoms with Crippen LogP contribution in [0, 0.1) is 0 Å². The van der Waals surface area contributed by atoms with E-state index in [9.17, 15) is 9.90 Å². The summed E-state index contributed by atoms with van der Waals surface area (Å²) in [5.41, 5.74) is 0.588. The van der Waals surface area contributed by atoms with E-state index >= 15 is 0 Å². The Kier molecular flexibility index (Phi) is 3.57. The van der Waals surface area contributed by atoms with Gasteiger partial charge in [0.15, 0.2) is 6.10 Å². The molecule has 1 saturated carbocycles. The first-order valence-corrected chi connectivity index (χ1v) is 5.71. The van der Waals surface area contributed by atoms with Gasteiger partial charge in [0.2, 0.25) is 0 Å². The monoisotopic (exact) mass is 220 g/mol. The fraction of sp³-hybridized carbons (Fsp3) is 0.462. The smallest absolute Gasteiger partial charge is 0.339 e. The first kappa shape index (κ1) is 11.1. The van der Waals surface area contributed by atoms with Crippen molar-refractivity contribution in [3.8, 4) is 0 Å². The number of aliphatic hydroxyl groups is 1. The zero-order valence-electron chi connectivity index (χ0n) is 9.13. The molecule has 0 unspecified atom stereocenters. The number of aliphatic hydroxyl groups excluding tert-OH is 1. The number of carbonyl (C=O) groups excluding carboxylic acids is 1. The molecule has 1 fully saturated rings. The molecule has 0 spiro atoms. The van der Waals surface area contributed by atoms with Crippen molar-refractivity contribution >= 4 is 5.97 Å². The van der Waals surface area contributed by atoms with Crippen molar-refractivity contribution in [1.82, 2.24) is 0 Å². The van der Waals surface area contributed by atoms with Crippen LogP contribution in [0.4, 0.5) is 0 Å². The van der Waals surface area contributed by atoms with E-state index in [1.165, 1.54) is 0 Å². The van der Waals surface area contributed by atoms with Crippen molar-refractivity contribution in [3.63, 3.8) is 0 Å². The van der Waals surface area contributed by atoms with Crippen LogP contribution in [0.3, 0.4) is 0 Å². The van der Waals surface area contributed by atoms with Crippen LogP contribution in [0.25, 0.3) is 0 Å². The Balaban J connectivity index is 1.94. The lowest BCUT2D eigenvalue weighted by molar-refractivity contribution is -0.159. The minimum Gasteiger partial charge on any atom is -0.460 e. The molecule has 0 saturated heterocycles. The van der Waals surface area contributed by atoms with Gasteiger partial charge >= 0.3 is 5.97 Å². The Labute approximate surface area is 95.0 Å². The van der Waals surface area contributed by atoms with Crippen molar-refractivity contribution in [2.45, 2.75) is 37.9 Å². The lowest BCUT2D eigenvalue weighted by atomic mass is 10.1. The quantitative estimate of drug-likeness (QED) is 0.794. The highest BCUT2D eigenvalue weighted by atomic mass is 16.6. The van der Waals surface area contributed by atoms with E-state index in [2.05, 4.69) is 0 Å². The molecule has 1 N–H and O–H groups in total. The molecule has 1 atom stereocenters. The van der Waals surface area contributed by atoms with Crippen molar-refractivity contribution in [2.24, 2.45) is 0 Å². The standard InChI is InChI=1S/C13H16O3/c14-12(10-6-2-1-3-7-10)13(15)16-11-8-4-5-9-11/h1-3,6-7,11-12,14H,4-5,8-9H2/t12-/m1/s1. The van der Waals surface area contributed by atoms with E-state index in [0.717, 1.165) is 25.7 Å². The van der Waals surface area contributed by atoms with Crippen LogP contribution in [0.15, 0.2) is 30.3 Å². The van der Waals surface area contributed by atoms with Crippen molar-refractivity contribution in [3.05, 3.63) is 35.9 Å². The maximum atomic E-state index is 11.6. The topological polar surface area (TPSA) is 46.5 Å². The third-order valence-electron chi connectivity index (χ3n) is 2.92. The summed E-state index contributed by atoms with van der Waals surface area (Å²) in [5.74, 6) is -0.530. The lowest BCUT2D eigenvalue weighted by Gasteiger charge is -2.15. The van der Waals surface area contributed by atoms with Gasteiger partial charge in [-0.3, -0.25) is 0 Å². The number of benzene rings is 1. The molecule has 3 heteroatoms. The van der Waals surface area contributed by atoms with Gasteiger partial charge in [-0.1, -0.05) is 30.3 Å². The predicted molar refractivity (Wildman–Crippen MR) is 59.7 cm³/mol. The van der Waals surface area contributed by atoms with Crippen LogP contribution in [-0.4, -0.2) is 17.2 Å². The molecule has 86 valence electrons. The Morgan fingerprint density at radius 2 is 1.88 bits per heavy atom. The second-order valence-electron chi connectivity index (χ2n) is 4.16. The Morgan fingerprint density at radius 3 is 2.50 bits per heavy atom. The SMILES string of the molecule is O=C(OC1CCCC1)[C@H](O)c1ccccc1. The first-order chi connectivity index (χ1) is 7.77. The zero-order chi connectivity index (χ0) is 11.4. The average molecular weight is 220 g/mol. The average Bonchev–Trinajstić information content (AvgIpc) is 2.82. The van der Waals surface area contributed by atoms with Crippen LogP contribution >= 0.6 is 0 Å². The van der Waals surface area contributed by atoms with Gasteiger partial charge in [-0.05, 0) is 31.2 Å². The number of hydrogen-bond acceptors (Lipinski definition) is 3. The molecule has 0 bridgehead atoms. The van der Waals surface area contributed by atoms with E-state index in [-0.39, 0.29) is 6.10 Å². The molecule has 0 radical (unpaired) electrons. The number of esters is 1. The molecular weight excluding hydrogens is 204 g/mol. The Bertz CT molecular complexity index is 341. The highest BCUT2D eigenvalue weighted by Gasteiger charge is 2.24. The maximum Gasteiger partial charge on any atom is 0.339 e. The highest BCUT2D eigenvalue weighted by Crippen LogP contribution is 2.23. The molecule has 1 aromatic carbocycles. The summed E-state index contributed by atoms with van der Waals surface area (Å²) in [5, 5.41) is 9.77. The second-order valence-corrected chi connectivity index (χ2v) is 4.16. The molecule has 0 amide bonds. The van der Waals surface area contributed by atoms with Crippen LogP contribution in [0.5, 0.6) is 0 Å². The van der Waals surface area contributed by atoms with E-state index in [4.69, 9.17) is 4.74 Å². The first-order valence-electron chi connectivity index (χ1n) is 5.71. The zero-order valence-corrected chi connectivity index (χ0v) is 9.13. The third-order valence-corrected chi connectivity index (χ3v) is 2.92. The minimum atomic E-state index is -1.15. The lowest BCUT2D eigenvalue weighted by Crippen LogP contribution is -2.21. The van der Waals surface area contributed by atoms with E-state index < -0.39 is 12.1 Å². The highest BCUT2D eigenvalue weighted by molar-refractivity contribution is 5.76. The summed E-state index contributed by atoms with van der Waals surface area (Å²) < 4.78 is 5.24. The van der Waals surface area contributed by atoms with E-state index in [0.29, 0.717) is 5.56 Å². The molecule has 2 rings (SSSR count). The molecule has 16 heavy (non-hydrogen) atoms. The van der Waals surface area contributed by atoms with E-state index in [1.807, 2.05) is 6.07 Å². The molecule has 3 nitrogen and oxygen atoms in total. The van der Waals surface area contributed by atoms with Crippen molar-refractivity contribution in [2.75, 3.05) is 0 Å². The second kappa shape index (κ2) is 5.12. The van der Waals surface area contributed by atoms with Gasteiger partial charge < -0.3 is 9.84 Å². The van der Waals surface area contributed by atoms with Gasteiger partial charge in [0.25, 0.3) is 0 Å². The van der Waals surface area contributed by atoms with Gasteiger partial charge in [-0.15, -0.1) is 0 Å². The van der Waals surface area contributed by atoms with Crippen molar-refractivity contribution in [1.29, 1.82) is 0 Å². The fourth-order valence-electron chi connectivity index (χ4n) is 2.01. The summed E-state index contributed by atoms with van der Waals surface area (Å²) >= 11 is 0. The van der Waals surface area contributed by atoms with Gasteiger partial charge in [0.1, 0.15) is 6.10 Å². The van der Waals surface area contributed by atoms with Gasteiger partial charge in [-0.25, -0.2) is 4.79 Å². The molecule has 1 aromatic rings. The maximum absolute atomic E-state index is 11.6. The van der Waals surface area contributed by atoms with Crippen LogP contribution in [0.2, 0.25) is 0 Å². The van der Waals surface area contributed by atoms with Crippen LogP contribution < -0.4 is 0 Å². The van der Waals surface area contributed by atoms with E-state index in [1.54, 1.807) is 24.3 Å². The molecule has 0 heterocycles. The molecule has 0 aliphatic heterocycles. The van der Waals surface area contributed by atoms with Gasteiger partial charge in [-0.2, -0.15) is 0 Å². The Hall–Kier alpha value is -1.35. The summed E-state index contributed by atoms with van der Waals surface area (Å²) in [6.45, 7) is 0. The van der Waals surface area contributed by atoms with Crippen LogP contribution in [-0.2, 0) is 9.53 Å². The number of carbonyl (C=O) groups is 1. The Morgan fingerprint density at radius 1 is 1.25 bits per heavy atom.